The third-order valence-electron chi connectivity index (χ3n) is 3.12. The van der Waals surface area contributed by atoms with E-state index in [9.17, 15) is 0 Å². The standard InChI is InChI=1S/C16H22N2O2/c1-3-5-14(17)16-11-15(18-20-16)12-6-8-13(9-7-12)19-10-4-2/h6-9,11,14H,3-5,10,17H2,1-2H3. The fraction of sp³-hybridized carbons (Fsp3) is 0.438. The highest BCUT2D eigenvalue weighted by Gasteiger charge is 2.12. The smallest absolute Gasteiger partial charge is 0.154 e. The van der Waals surface area contributed by atoms with Crippen molar-refractivity contribution in [1.82, 2.24) is 5.16 Å². The van der Waals surface area contributed by atoms with Crippen molar-refractivity contribution >= 4 is 0 Å². The second-order valence-corrected chi connectivity index (χ2v) is 4.88. The molecule has 0 bridgehead atoms. The molecule has 0 fully saturated rings. The predicted octanol–water partition coefficient (Wildman–Crippen LogP) is 3.93. The number of aromatic nitrogens is 1. The summed E-state index contributed by atoms with van der Waals surface area (Å²) in [4.78, 5) is 0. The molecular formula is C16H22N2O2. The summed E-state index contributed by atoms with van der Waals surface area (Å²) < 4.78 is 10.9. The van der Waals surface area contributed by atoms with Gasteiger partial charge in [0, 0.05) is 11.6 Å². The maximum atomic E-state index is 6.02. The van der Waals surface area contributed by atoms with E-state index < -0.39 is 0 Å². The molecule has 1 unspecified atom stereocenters. The monoisotopic (exact) mass is 274 g/mol. The molecule has 0 aliphatic heterocycles. The summed E-state index contributed by atoms with van der Waals surface area (Å²) in [5.41, 5.74) is 7.84. The normalized spacial score (nSPS) is 12.3. The van der Waals surface area contributed by atoms with Gasteiger partial charge in [-0.2, -0.15) is 0 Å². The first-order chi connectivity index (χ1) is 9.74. The van der Waals surface area contributed by atoms with Crippen LogP contribution >= 0.6 is 0 Å². The molecule has 0 amide bonds. The third-order valence-corrected chi connectivity index (χ3v) is 3.12. The average Bonchev–Trinajstić information content (AvgIpc) is 2.96. The Bertz CT molecular complexity index is 520. The molecular weight excluding hydrogens is 252 g/mol. The summed E-state index contributed by atoms with van der Waals surface area (Å²) in [5, 5.41) is 4.09. The largest absolute Gasteiger partial charge is 0.494 e. The molecule has 108 valence electrons. The molecule has 0 saturated heterocycles. The Balaban J connectivity index is 2.07. The van der Waals surface area contributed by atoms with Crippen molar-refractivity contribution in [3.63, 3.8) is 0 Å². The van der Waals surface area contributed by atoms with Crippen molar-refractivity contribution in [2.75, 3.05) is 6.61 Å². The van der Waals surface area contributed by atoms with Gasteiger partial charge >= 0.3 is 0 Å². The maximum absolute atomic E-state index is 6.02. The average molecular weight is 274 g/mol. The van der Waals surface area contributed by atoms with Crippen LogP contribution in [-0.2, 0) is 0 Å². The lowest BCUT2D eigenvalue weighted by atomic mass is 10.1. The summed E-state index contributed by atoms with van der Waals surface area (Å²) in [7, 11) is 0. The Labute approximate surface area is 119 Å². The van der Waals surface area contributed by atoms with Gasteiger partial charge in [-0.1, -0.05) is 25.4 Å². The van der Waals surface area contributed by atoms with Crippen LogP contribution in [-0.4, -0.2) is 11.8 Å². The number of hydrogen-bond donors (Lipinski definition) is 1. The van der Waals surface area contributed by atoms with E-state index in [2.05, 4.69) is 19.0 Å². The van der Waals surface area contributed by atoms with Gasteiger partial charge in [-0.15, -0.1) is 0 Å². The van der Waals surface area contributed by atoms with Crippen LogP contribution in [0.2, 0.25) is 0 Å². The number of nitrogens with two attached hydrogens (primary N) is 1. The maximum Gasteiger partial charge on any atom is 0.154 e. The summed E-state index contributed by atoms with van der Waals surface area (Å²) >= 11 is 0. The van der Waals surface area contributed by atoms with Gasteiger partial charge in [-0.3, -0.25) is 0 Å². The highest BCUT2D eigenvalue weighted by atomic mass is 16.5. The molecule has 0 saturated carbocycles. The first-order valence-electron chi connectivity index (χ1n) is 7.20. The van der Waals surface area contributed by atoms with Crippen LogP contribution in [0, 0.1) is 0 Å². The SMILES string of the molecule is CCCOc1ccc(-c2cc(C(N)CCC)on2)cc1. The van der Waals surface area contributed by atoms with Gasteiger partial charge in [0.25, 0.3) is 0 Å². The van der Waals surface area contributed by atoms with Crippen LogP contribution in [0.15, 0.2) is 34.9 Å². The van der Waals surface area contributed by atoms with Gasteiger partial charge in [0.05, 0.1) is 12.6 Å². The van der Waals surface area contributed by atoms with Crippen LogP contribution in [0.1, 0.15) is 44.9 Å². The van der Waals surface area contributed by atoms with Crippen molar-refractivity contribution in [1.29, 1.82) is 0 Å². The van der Waals surface area contributed by atoms with Gasteiger partial charge < -0.3 is 15.0 Å². The zero-order valence-electron chi connectivity index (χ0n) is 12.1. The minimum atomic E-state index is -0.0755. The van der Waals surface area contributed by atoms with E-state index in [1.165, 1.54) is 0 Å². The molecule has 4 heteroatoms. The first kappa shape index (κ1) is 14.6. The van der Waals surface area contributed by atoms with Crippen molar-refractivity contribution < 1.29 is 9.26 Å². The fourth-order valence-electron chi connectivity index (χ4n) is 2.00. The van der Waals surface area contributed by atoms with E-state index in [4.69, 9.17) is 15.0 Å². The molecule has 1 aromatic carbocycles. The molecule has 1 atom stereocenters. The van der Waals surface area contributed by atoms with Gasteiger partial charge in [0.1, 0.15) is 11.4 Å². The second kappa shape index (κ2) is 7.10. The Morgan fingerprint density at radius 3 is 2.60 bits per heavy atom. The van der Waals surface area contributed by atoms with E-state index in [0.29, 0.717) is 0 Å². The summed E-state index contributed by atoms with van der Waals surface area (Å²) in [6.45, 7) is 4.93. The zero-order valence-corrected chi connectivity index (χ0v) is 12.1. The van der Waals surface area contributed by atoms with Crippen molar-refractivity contribution in [2.45, 2.75) is 39.2 Å². The molecule has 2 N–H and O–H groups in total. The Kier molecular flexibility index (Phi) is 5.18. The first-order valence-corrected chi connectivity index (χ1v) is 7.20. The number of rotatable bonds is 7. The summed E-state index contributed by atoms with van der Waals surface area (Å²) in [6, 6.07) is 9.71. The quantitative estimate of drug-likeness (QED) is 0.831. The molecule has 20 heavy (non-hydrogen) atoms. The van der Waals surface area contributed by atoms with Crippen LogP contribution in [0.25, 0.3) is 11.3 Å². The highest BCUT2D eigenvalue weighted by Crippen LogP contribution is 2.25. The Hall–Kier alpha value is -1.81. The lowest BCUT2D eigenvalue weighted by Gasteiger charge is -2.04. The lowest BCUT2D eigenvalue weighted by Crippen LogP contribution is -2.08. The lowest BCUT2D eigenvalue weighted by molar-refractivity contribution is 0.317. The highest BCUT2D eigenvalue weighted by molar-refractivity contribution is 5.59. The Morgan fingerprint density at radius 2 is 1.95 bits per heavy atom. The fourth-order valence-corrected chi connectivity index (χ4v) is 2.00. The van der Waals surface area contributed by atoms with Gasteiger partial charge in [-0.25, -0.2) is 0 Å². The minimum absolute atomic E-state index is 0.0755. The number of nitrogens with zero attached hydrogens (tertiary/aromatic N) is 1. The van der Waals surface area contributed by atoms with Crippen molar-refractivity contribution in [3.05, 3.63) is 36.1 Å². The molecule has 4 nitrogen and oxygen atoms in total. The van der Waals surface area contributed by atoms with Crippen LogP contribution in [0.4, 0.5) is 0 Å². The molecule has 1 heterocycles. The van der Waals surface area contributed by atoms with Crippen LogP contribution in [0.5, 0.6) is 5.75 Å². The second-order valence-electron chi connectivity index (χ2n) is 4.88. The molecule has 0 radical (unpaired) electrons. The molecule has 0 spiro atoms. The molecule has 0 aliphatic carbocycles. The summed E-state index contributed by atoms with van der Waals surface area (Å²) in [6.07, 6.45) is 2.93. The molecule has 2 aromatic rings. The van der Waals surface area contributed by atoms with Crippen LogP contribution < -0.4 is 10.5 Å². The van der Waals surface area contributed by atoms with Gasteiger partial charge in [0.15, 0.2) is 5.76 Å². The molecule has 2 rings (SSSR count). The molecule has 1 aromatic heterocycles. The number of hydrogen-bond acceptors (Lipinski definition) is 4. The predicted molar refractivity (Wildman–Crippen MR) is 79.6 cm³/mol. The zero-order chi connectivity index (χ0) is 14.4. The van der Waals surface area contributed by atoms with E-state index in [-0.39, 0.29) is 6.04 Å². The van der Waals surface area contributed by atoms with Crippen LogP contribution in [0.3, 0.4) is 0 Å². The van der Waals surface area contributed by atoms with Gasteiger partial charge in [-0.05, 0) is 37.1 Å². The van der Waals surface area contributed by atoms with E-state index in [1.54, 1.807) is 0 Å². The van der Waals surface area contributed by atoms with E-state index in [1.807, 2.05) is 30.3 Å². The minimum Gasteiger partial charge on any atom is -0.494 e. The van der Waals surface area contributed by atoms with Crippen molar-refractivity contribution in [3.8, 4) is 17.0 Å². The van der Waals surface area contributed by atoms with E-state index >= 15 is 0 Å². The number of benzene rings is 1. The number of ether oxygens (including phenoxy) is 1. The molecule has 0 aliphatic rings. The van der Waals surface area contributed by atoms with E-state index in [0.717, 1.165) is 48.6 Å². The third kappa shape index (κ3) is 3.61. The van der Waals surface area contributed by atoms with Crippen molar-refractivity contribution in [2.24, 2.45) is 5.73 Å². The topological polar surface area (TPSA) is 61.3 Å². The van der Waals surface area contributed by atoms with Gasteiger partial charge in [0.2, 0.25) is 0 Å². The Morgan fingerprint density at radius 1 is 1.20 bits per heavy atom. The summed E-state index contributed by atoms with van der Waals surface area (Å²) in [5.74, 6) is 1.62.